The lowest BCUT2D eigenvalue weighted by Crippen LogP contribution is -2.35. The van der Waals surface area contributed by atoms with Crippen LogP contribution in [-0.2, 0) is 17.8 Å². The SMILES string of the molecule is COc1ccc(-c2ccc(=O)n(CCCC(=O)N3CCCc4cc(C)ccc43)n2)cc1. The number of ether oxygens (including phenoxy) is 1. The van der Waals surface area contributed by atoms with Crippen molar-refractivity contribution in [3.05, 3.63) is 76.1 Å². The minimum Gasteiger partial charge on any atom is -0.497 e. The summed E-state index contributed by atoms with van der Waals surface area (Å²) in [5.74, 6) is 0.870. The van der Waals surface area contributed by atoms with Gasteiger partial charge in [0, 0.05) is 36.8 Å². The van der Waals surface area contributed by atoms with E-state index in [0.29, 0.717) is 25.1 Å². The van der Waals surface area contributed by atoms with Gasteiger partial charge in [0.05, 0.1) is 12.8 Å². The van der Waals surface area contributed by atoms with Gasteiger partial charge in [-0.15, -0.1) is 0 Å². The van der Waals surface area contributed by atoms with Crippen molar-refractivity contribution in [1.82, 2.24) is 9.78 Å². The van der Waals surface area contributed by atoms with Crippen molar-refractivity contribution in [3.8, 4) is 17.0 Å². The molecule has 31 heavy (non-hydrogen) atoms. The molecule has 1 amide bonds. The standard InChI is InChI=1S/C25H27N3O3/c1-18-7-13-23-20(17-18)5-3-15-27(23)24(29)6-4-16-28-25(30)14-12-22(26-28)19-8-10-21(31-2)11-9-19/h7-14,17H,3-6,15-16H2,1-2H3. The quantitative estimate of drug-likeness (QED) is 0.608. The maximum atomic E-state index is 12.9. The third-order valence-electron chi connectivity index (χ3n) is 5.67. The predicted octanol–water partition coefficient (Wildman–Crippen LogP) is 3.99. The van der Waals surface area contributed by atoms with Gasteiger partial charge < -0.3 is 9.64 Å². The Hall–Kier alpha value is -3.41. The molecule has 0 saturated carbocycles. The van der Waals surface area contributed by atoms with Crippen LogP contribution in [0.15, 0.2) is 59.4 Å². The predicted molar refractivity (Wildman–Crippen MR) is 122 cm³/mol. The monoisotopic (exact) mass is 417 g/mol. The fraction of sp³-hybridized carbons (Fsp3) is 0.320. The molecule has 0 saturated heterocycles. The topological polar surface area (TPSA) is 64.4 Å². The van der Waals surface area contributed by atoms with Gasteiger partial charge in [-0.1, -0.05) is 17.7 Å². The third kappa shape index (κ3) is 4.68. The van der Waals surface area contributed by atoms with Crippen molar-refractivity contribution < 1.29 is 9.53 Å². The van der Waals surface area contributed by atoms with Crippen LogP contribution in [0.1, 0.15) is 30.4 Å². The lowest BCUT2D eigenvalue weighted by Gasteiger charge is -2.30. The summed E-state index contributed by atoms with van der Waals surface area (Å²) >= 11 is 0. The van der Waals surface area contributed by atoms with Crippen LogP contribution in [0.3, 0.4) is 0 Å². The van der Waals surface area contributed by atoms with Gasteiger partial charge in [-0.2, -0.15) is 5.10 Å². The second kappa shape index (κ2) is 9.16. The number of aryl methyl sites for hydroxylation is 3. The van der Waals surface area contributed by atoms with Gasteiger partial charge in [-0.3, -0.25) is 9.59 Å². The molecule has 0 N–H and O–H groups in total. The van der Waals surface area contributed by atoms with Gasteiger partial charge in [0.2, 0.25) is 5.91 Å². The lowest BCUT2D eigenvalue weighted by molar-refractivity contribution is -0.118. The molecule has 1 aromatic heterocycles. The van der Waals surface area contributed by atoms with Crippen LogP contribution >= 0.6 is 0 Å². The van der Waals surface area contributed by atoms with Crippen LogP contribution in [0, 0.1) is 6.92 Å². The van der Waals surface area contributed by atoms with Gasteiger partial charge in [0.25, 0.3) is 5.56 Å². The van der Waals surface area contributed by atoms with E-state index in [9.17, 15) is 9.59 Å². The maximum Gasteiger partial charge on any atom is 0.266 e. The number of benzene rings is 2. The first-order chi connectivity index (χ1) is 15.0. The highest BCUT2D eigenvalue weighted by Crippen LogP contribution is 2.28. The summed E-state index contributed by atoms with van der Waals surface area (Å²) in [5.41, 5.74) is 4.95. The molecule has 0 aliphatic carbocycles. The van der Waals surface area contributed by atoms with Crippen LogP contribution < -0.4 is 15.2 Å². The van der Waals surface area contributed by atoms with Crippen molar-refractivity contribution in [2.24, 2.45) is 0 Å². The molecule has 4 rings (SSSR count). The fourth-order valence-electron chi connectivity index (χ4n) is 4.02. The summed E-state index contributed by atoms with van der Waals surface area (Å²) in [5, 5.41) is 4.49. The highest BCUT2D eigenvalue weighted by Gasteiger charge is 2.22. The van der Waals surface area contributed by atoms with Crippen molar-refractivity contribution in [3.63, 3.8) is 0 Å². The molecular weight excluding hydrogens is 390 g/mol. The Morgan fingerprint density at radius 3 is 2.68 bits per heavy atom. The zero-order valence-electron chi connectivity index (χ0n) is 18.0. The number of hydrogen-bond acceptors (Lipinski definition) is 4. The zero-order valence-corrected chi connectivity index (χ0v) is 18.0. The molecule has 1 aliphatic rings. The molecular formula is C25H27N3O3. The van der Waals surface area contributed by atoms with E-state index in [-0.39, 0.29) is 11.5 Å². The summed E-state index contributed by atoms with van der Waals surface area (Å²) < 4.78 is 6.63. The number of carbonyl (C=O) groups is 1. The number of nitrogens with zero attached hydrogens (tertiary/aromatic N) is 3. The summed E-state index contributed by atoms with van der Waals surface area (Å²) in [6.07, 6.45) is 2.94. The van der Waals surface area contributed by atoms with E-state index in [1.54, 1.807) is 13.2 Å². The molecule has 0 radical (unpaired) electrons. The molecule has 2 aromatic carbocycles. The average Bonchev–Trinajstić information content (AvgIpc) is 2.79. The highest BCUT2D eigenvalue weighted by atomic mass is 16.5. The van der Waals surface area contributed by atoms with Crippen molar-refractivity contribution >= 4 is 11.6 Å². The van der Waals surface area contributed by atoms with E-state index < -0.39 is 0 Å². The largest absolute Gasteiger partial charge is 0.497 e. The number of fused-ring (bicyclic) bond motifs is 1. The Balaban J connectivity index is 1.42. The normalized spacial score (nSPS) is 13.0. The minimum atomic E-state index is -0.163. The molecule has 0 unspecified atom stereocenters. The summed E-state index contributed by atoms with van der Waals surface area (Å²) in [6.45, 7) is 3.23. The van der Waals surface area contributed by atoms with Gasteiger partial charge >= 0.3 is 0 Å². The number of rotatable bonds is 6. The van der Waals surface area contributed by atoms with Crippen molar-refractivity contribution in [1.29, 1.82) is 0 Å². The fourth-order valence-corrected chi connectivity index (χ4v) is 4.02. The Labute approximate surface area is 182 Å². The summed E-state index contributed by atoms with van der Waals surface area (Å²) in [4.78, 5) is 27.0. The molecule has 0 fully saturated rings. The van der Waals surface area contributed by atoms with E-state index >= 15 is 0 Å². The molecule has 160 valence electrons. The molecule has 1 aliphatic heterocycles. The highest BCUT2D eigenvalue weighted by molar-refractivity contribution is 5.94. The van der Waals surface area contributed by atoms with E-state index in [1.165, 1.54) is 21.9 Å². The Morgan fingerprint density at radius 2 is 1.90 bits per heavy atom. The van der Waals surface area contributed by atoms with E-state index in [4.69, 9.17) is 4.74 Å². The third-order valence-corrected chi connectivity index (χ3v) is 5.67. The smallest absolute Gasteiger partial charge is 0.266 e. The molecule has 2 heterocycles. The first-order valence-corrected chi connectivity index (χ1v) is 10.7. The van der Waals surface area contributed by atoms with Crippen molar-refractivity contribution in [2.75, 3.05) is 18.6 Å². The Kier molecular flexibility index (Phi) is 6.16. The van der Waals surface area contributed by atoms with Crippen LogP contribution in [-0.4, -0.2) is 29.3 Å². The molecule has 3 aromatic rings. The zero-order chi connectivity index (χ0) is 21.8. The van der Waals surface area contributed by atoms with Gasteiger partial charge in [-0.05, 0) is 68.1 Å². The first-order valence-electron chi connectivity index (χ1n) is 10.7. The molecule has 0 spiro atoms. The van der Waals surface area contributed by atoms with E-state index in [1.807, 2.05) is 35.2 Å². The summed E-state index contributed by atoms with van der Waals surface area (Å²) in [7, 11) is 1.62. The molecule has 6 nitrogen and oxygen atoms in total. The number of hydrogen-bond donors (Lipinski definition) is 0. The van der Waals surface area contributed by atoms with E-state index in [2.05, 4.69) is 24.2 Å². The van der Waals surface area contributed by atoms with Crippen LogP contribution in [0.2, 0.25) is 0 Å². The summed E-state index contributed by atoms with van der Waals surface area (Å²) in [6, 6.07) is 17.1. The number of aromatic nitrogens is 2. The second-order valence-corrected chi connectivity index (χ2v) is 7.89. The van der Waals surface area contributed by atoms with Crippen LogP contribution in [0.5, 0.6) is 5.75 Å². The van der Waals surface area contributed by atoms with Gasteiger partial charge in [0.1, 0.15) is 5.75 Å². The minimum absolute atomic E-state index is 0.101. The number of carbonyl (C=O) groups excluding carboxylic acids is 1. The average molecular weight is 418 g/mol. The Morgan fingerprint density at radius 1 is 1.10 bits per heavy atom. The molecule has 0 bridgehead atoms. The molecule has 6 heteroatoms. The van der Waals surface area contributed by atoms with Crippen LogP contribution in [0.4, 0.5) is 5.69 Å². The molecule has 0 atom stereocenters. The van der Waals surface area contributed by atoms with Gasteiger partial charge in [0.15, 0.2) is 0 Å². The van der Waals surface area contributed by atoms with Gasteiger partial charge in [-0.25, -0.2) is 4.68 Å². The lowest BCUT2D eigenvalue weighted by atomic mass is 9.99. The number of methoxy groups -OCH3 is 1. The number of anilines is 1. The Bertz CT molecular complexity index is 1140. The maximum absolute atomic E-state index is 12.9. The first kappa shape index (κ1) is 20.8. The van der Waals surface area contributed by atoms with E-state index in [0.717, 1.165) is 36.4 Å². The van der Waals surface area contributed by atoms with Crippen molar-refractivity contribution in [2.45, 2.75) is 39.2 Å². The second-order valence-electron chi connectivity index (χ2n) is 7.89. The number of amides is 1. The van der Waals surface area contributed by atoms with Crippen LogP contribution in [0.25, 0.3) is 11.3 Å².